The van der Waals surface area contributed by atoms with Gasteiger partial charge in [0.2, 0.25) is 5.91 Å². The number of hydrogen-bond donors (Lipinski definition) is 3. The minimum atomic E-state index is -0.746. The standard InChI is InChI=1S/C20H28N2O4/c23-19(15-1-3-16(4-2-15)20(24)25)22-17-5-7-18(8-6-17)26-13-14-9-11-21-12-10-14/h5-8,14-16,21H,1-4,9-13H2,(H,22,23)(H,24,25). The first-order valence-electron chi connectivity index (χ1n) is 9.59. The third-order valence-corrected chi connectivity index (χ3v) is 5.51. The molecule has 0 aromatic heterocycles. The van der Waals surface area contributed by atoms with Gasteiger partial charge in [0.1, 0.15) is 5.75 Å². The highest BCUT2D eigenvalue weighted by molar-refractivity contribution is 5.92. The number of carboxylic acid groups (broad SMARTS) is 1. The number of benzene rings is 1. The summed E-state index contributed by atoms with van der Waals surface area (Å²) in [6.45, 7) is 2.86. The lowest BCUT2D eigenvalue weighted by atomic mass is 9.81. The number of ether oxygens (including phenoxy) is 1. The van der Waals surface area contributed by atoms with Gasteiger partial charge in [-0.1, -0.05) is 0 Å². The van der Waals surface area contributed by atoms with Gasteiger partial charge >= 0.3 is 5.97 Å². The maximum absolute atomic E-state index is 12.4. The molecule has 1 heterocycles. The predicted octanol–water partition coefficient (Wildman–Crippen LogP) is 2.89. The molecular weight excluding hydrogens is 332 g/mol. The van der Waals surface area contributed by atoms with Gasteiger partial charge in [0.15, 0.2) is 0 Å². The first kappa shape index (κ1) is 18.7. The van der Waals surface area contributed by atoms with Crippen molar-refractivity contribution < 1.29 is 19.4 Å². The number of amides is 1. The van der Waals surface area contributed by atoms with Crippen LogP contribution in [0.4, 0.5) is 5.69 Å². The quantitative estimate of drug-likeness (QED) is 0.726. The fourth-order valence-electron chi connectivity index (χ4n) is 3.74. The van der Waals surface area contributed by atoms with Gasteiger partial charge in [-0.05, 0) is 81.8 Å². The predicted molar refractivity (Wildman–Crippen MR) is 99.2 cm³/mol. The van der Waals surface area contributed by atoms with Crippen LogP contribution < -0.4 is 15.4 Å². The Morgan fingerprint density at radius 2 is 1.62 bits per heavy atom. The lowest BCUT2D eigenvalue weighted by Crippen LogP contribution is -2.30. The van der Waals surface area contributed by atoms with Gasteiger partial charge in [-0.2, -0.15) is 0 Å². The zero-order valence-electron chi connectivity index (χ0n) is 15.1. The third kappa shape index (κ3) is 5.21. The van der Waals surface area contributed by atoms with Crippen LogP contribution in [0, 0.1) is 17.8 Å². The van der Waals surface area contributed by atoms with Crippen molar-refractivity contribution in [2.24, 2.45) is 17.8 Å². The number of carbonyl (C=O) groups is 2. The van der Waals surface area contributed by atoms with Crippen LogP contribution in [-0.2, 0) is 9.59 Å². The lowest BCUT2D eigenvalue weighted by Gasteiger charge is -2.25. The number of carboxylic acids is 1. The number of aliphatic carboxylic acids is 1. The Morgan fingerprint density at radius 1 is 1.00 bits per heavy atom. The molecule has 0 radical (unpaired) electrons. The highest BCUT2D eigenvalue weighted by atomic mass is 16.5. The van der Waals surface area contributed by atoms with E-state index in [2.05, 4.69) is 10.6 Å². The van der Waals surface area contributed by atoms with Gasteiger partial charge in [0, 0.05) is 11.6 Å². The Bertz CT molecular complexity index is 603. The van der Waals surface area contributed by atoms with E-state index in [0.29, 0.717) is 31.6 Å². The number of piperidine rings is 1. The molecule has 6 heteroatoms. The summed E-state index contributed by atoms with van der Waals surface area (Å²) in [6.07, 6.45) is 4.74. The molecule has 1 aliphatic heterocycles. The molecule has 0 bridgehead atoms. The van der Waals surface area contributed by atoms with E-state index in [1.165, 1.54) is 0 Å². The lowest BCUT2D eigenvalue weighted by molar-refractivity contribution is -0.143. The summed E-state index contributed by atoms with van der Waals surface area (Å²) in [6, 6.07) is 7.49. The molecule has 0 unspecified atom stereocenters. The second-order valence-electron chi connectivity index (χ2n) is 7.40. The van der Waals surface area contributed by atoms with Gasteiger partial charge in [0.05, 0.1) is 12.5 Å². The summed E-state index contributed by atoms with van der Waals surface area (Å²) in [7, 11) is 0. The third-order valence-electron chi connectivity index (χ3n) is 5.51. The van der Waals surface area contributed by atoms with Crippen LogP contribution in [-0.4, -0.2) is 36.7 Å². The van der Waals surface area contributed by atoms with Crippen LogP contribution in [0.25, 0.3) is 0 Å². The number of hydrogen-bond acceptors (Lipinski definition) is 4. The first-order valence-corrected chi connectivity index (χ1v) is 9.59. The summed E-state index contributed by atoms with van der Waals surface area (Å²) in [4.78, 5) is 23.4. The average Bonchev–Trinajstić information content (AvgIpc) is 2.68. The largest absolute Gasteiger partial charge is 0.493 e. The Kier molecular flexibility index (Phi) is 6.50. The van der Waals surface area contributed by atoms with E-state index in [9.17, 15) is 9.59 Å². The monoisotopic (exact) mass is 360 g/mol. The van der Waals surface area contributed by atoms with E-state index in [0.717, 1.165) is 44.0 Å². The van der Waals surface area contributed by atoms with Crippen LogP contribution in [0.1, 0.15) is 38.5 Å². The van der Waals surface area contributed by atoms with Crippen molar-refractivity contribution in [3.05, 3.63) is 24.3 Å². The van der Waals surface area contributed by atoms with Crippen molar-refractivity contribution in [1.29, 1.82) is 0 Å². The van der Waals surface area contributed by atoms with Crippen LogP contribution in [0.2, 0.25) is 0 Å². The highest BCUT2D eigenvalue weighted by Crippen LogP contribution is 2.30. The van der Waals surface area contributed by atoms with Crippen LogP contribution >= 0.6 is 0 Å². The maximum atomic E-state index is 12.4. The fraction of sp³-hybridized carbons (Fsp3) is 0.600. The first-order chi connectivity index (χ1) is 12.6. The minimum absolute atomic E-state index is 0.0165. The topological polar surface area (TPSA) is 87.7 Å². The molecule has 0 atom stereocenters. The smallest absolute Gasteiger partial charge is 0.306 e. The molecule has 1 aromatic carbocycles. The second kappa shape index (κ2) is 9.03. The average molecular weight is 360 g/mol. The van der Waals surface area contributed by atoms with Gasteiger partial charge in [-0.3, -0.25) is 9.59 Å². The SMILES string of the molecule is O=C(O)C1CCC(C(=O)Nc2ccc(OCC3CCNCC3)cc2)CC1. The molecule has 1 aromatic rings. The molecule has 3 rings (SSSR count). The molecule has 142 valence electrons. The molecular formula is C20H28N2O4. The molecule has 1 saturated carbocycles. The normalized spacial score (nSPS) is 24.0. The Labute approximate surface area is 154 Å². The molecule has 3 N–H and O–H groups in total. The molecule has 0 spiro atoms. The van der Waals surface area contributed by atoms with Crippen molar-refractivity contribution in [2.75, 3.05) is 25.0 Å². The van der Waals surface area contributed by atoms with E-state index in [1.54, 1.807) is 0 Å². The molecule has 1 amide bonds. The van der Waals surface area contributed by atoms with Crippen molar-refractivity contribution in [3.8, 4) is 5.75 Å². The van der Waals surface area contributed by atoms with E-state index < -0.39 is 5.97 Å². The van der Waals surface area contributed by atoms with Crippen molar-refractivity contribution in [1.82, 2.24) is 5.32 Å². The number of rotatable bonds is 6. The second-order valence-corrected chi connectivity index (χ2v) is 7.40. The minimum Gasteiger partial charge on any atom is -0.493 e. The number of carbonyl (C=O) groups excluding carboxylic acids is 1. The fourth-order valence-corrected chi connectivity index (χ4v) is 3.74. The summed E-state index contributed by atoms with van der Waals surface area (Å²) < 4.78 is 5.86. The van der Waals surface area contributed by atoms with Crippen molar-refractivity contribution in [2.45, 2.75) is 38.5 Å². The van der Waals surface area contributed by atoms with E-state index in [1.807, 2.05) is 24.3 Å². The number of anilines is 1. The summed E-state index contributed by atoms with van der Waals surface area (Å²) in [5.74, 6) is 0.276. The van der Waals surface area contributed by atoms with E-state index >= 15 is 0 Å². The van der Waals surface area contributed by atoms with Gasteiger partial charge in [-0.15, -0.1) is 0 Å². The summed E-state index contributed by atoms with van der Waals surface area (Å²) >= 11 is 0. The van der Waals surface area contributed by atoms with Gasteiger partial charge < -0.3 is 20.5 Å². The summed E-state index contributed by atoms with van der Waals surface area (Å²) in [5, 5.41) is 15.3. The maximum Gasteiger partial charge on any atom is 0.306 e. The number of nitrogens with one attached hydrogen (secondary N) is 2. The molecule has 2 fully saturated rings. The zero-order chi connectivity index (χ0) is 18.4. The Hall–Kier alpha value is -2.08. The van der Waals surface area contributed by atoms with E-state index in [4.69, 9.17) is 9.84 Å². The Balaban J connectivity index is 1.43. The summed E-state index contributed by atoms with van der Waals surface area (Å²) in [5.41, 5.74) is 0.754. The van der Waals surface area contributed by atoms with Crippen molar-refractivity contribution in [3.63, 3.8) is 0 Å². The van der Waals surface area contributed by atoms with Crippen molar-refractivity contribution >= 4 is 17.6 Å². The zero-order valence-corrected chi connectivity index (χ0v) is 15.1. The molecule has 26 heavy (non-hydrogen) atoms. The van der Waals surface area contributed by atoms with Crippen LogP contribution in [0.3, 0.4) is 0 Å². The van der Waals surface area contributed by atoms with Gasteiger partial charge in [0.25, 0.3) is 0 Å². The molecule has 1 aliphatic carbocycles. The van der Waals surface area contributed by atoms with Gasteiger partial charge in [-0.25, -0.2) is 0 Å². The molecule has 1 saturated heterocycles. The van der Waals surface area contributed by atoms with Crippen LogP contribution in [0.15, 0.2) is 24.3 Å². The van der Waals surface area contributed by atoms with E-state index in [-0.39, 0.29) is 17.7 Å². The molecule has 2 aliphatic rings. The molecule has 6 nitrogen and oxygen atoms in total. The Morgan fingerprint density at radius 3 is 2.23 bits per heavy atom. The van der Waals surface area contributed by atoms with Crippen LogP contribution in [0.5, 0.6) is 5.75 Å². The highest BCUT2D eigenvalue weighted by Gasteiger charge is 2.29.